The number of para-hydroxylation sites is 2. The second kappa shape index (κ2) is 17.3. The van der Waals surface area contributed by atoms with Gasteiger partial charge in [-0.25, -0.2) is 0 Å². The smallest absolute Gasteiger partial charge is 0.131 e. The largest absolute Gasteiger partial charge is 0.382 e. The van der Waals surface area contributed by atoms with Gasteiger partial charge in [0.05, 0.1) is 37.2 Å². The van der Waals surface area contributed by atoms with Crippen molar-refractivity contribution in [2.45, 2.75) is 63.1 Å². The van der Waals surface area contributed by atoms with Crippen LogP contribution in [0.1, 0.15) is 71.3 Å². The fraction of sp³-hybridized carbons (Fsp3) is 0.310. The van der Waals surface area contributed by atoms with E-state index in [1.807, 2.05) is 36.7 Å². The molecule has 6 nitrogen and oxygen atoms in total. The number of aromatic nitrogens is 2. The molecule has 64 heavy (non-hydrogen) atoms. The third-order valence-electron chi connectivity index (χ3n) is 16.2. The molecule has 10 atom stereocenters. The molecular formula is C58H60N4O2+2. The minimum absolute atomic E-state index is 0.0889. The lowest BCUT2D eigenvalue weighted by Gasteiger charge is -2.58. The number of fused-ring (bicyclic) bond motifs is 8. The molecule has 10 unspecified atom stereocenters. The third kappa shape index (κ3) is 7.81. The van der Waals surface area contributed by atoms with Crippen molar-refractivity contribution >= 4 is 34.0 Å². The van der Waals surface area contributed by atoms with Crippen LogP contribution in [0, 0.1) is 23.7 Å². The van der Waals surface area contributed by atoms with Gasteiger partial charge in [0.1, 0.15) is 37.4 Å². The molecular weight excluding hydrogens is 785 g/mol. The predicted octanol–water partition coefficient (Wildman–Crippen LogP) is 11.1. The van der Waals surface area contributed by atoms with Crippen molar-refractivity contribution in [3.8, 4) is 0 Å². The van der Waals surface area contributed by atoms with Gasteiger partial charge in [-0.1, -0.05) is 146 Å². The molecule has 6 fully saturated rings. The molecule has 13 rings (SSSR count). The molecule has 0 amide bonds. The molecule has 5 aromatic carbocycles. The Morgan fingerprint density at radius 2 is 0.906 bits per heavy atom. The quantitative estimate of drug-likeness (QED) is 0.120. The molecule has 6 aliphatic heterocycles. The number of aliphatic hydroxyl groups excluding tert-OH is 2. The minimum atomic E-state index is -0.586. The highest BCUT2D eigenvalue weighted by molar-refractivity contribution is 5.83. The molecule has 6 saturated heterocycles. The van der Waals surface area contributed by atoms with Crippen LogP contribution in [0.3, 0.4) is 0 Å². The summed E-state index contributed by atoms with van der Waals surface area (Å²) in [6.07, 6.45) is 16.5. The maximum absolute atomic E-state index is 12.5. The van der Waals surface area contributed by atoms with E-state index in [0.717, 1.165) is 94.0 Å². The molecule has 6 aliphatic rings. The number of benzene rings is 5. The van der Waals surface area contributed by atoms with Crippen molar-refractivity contribution in [3.63, 3.8) is 0 Å². The molecule has 0 saturated carbocycles. The fourth-order valence-electron chi connectivity index (χ4n) is 12.9. The van der Waals surface area contributed by atoms with Crippen LogP contribution in [-0.2, 0) is 13.1 Å². The SMILES string of the molecule is OC(c1ccnc2ccccc12)C1CC2CC[N+]1(Cc1ccc(C[N+]34CCC(CC3C(O)c3ccnc5ccccc35)C(/C=C/c3ccccc3)C4)cc1)CC2/C=C/c1ccccc1. The summed E-state index contributed by atoms with van der Waals surface area (Å²) in [5, 5.41) is 27.2. The van der Waals surface area contributed by atoms with Gasteiger partial charge in [0.25, 0.3) is 0 Å². The number of quaternary nitrogens is 2. The van der Waals surface area contributed by atoms with E-state index in [4.69, 9.17) is 0 Å². The highest BCUT2D eigenvalue weighted by Crippen LogP contribution is 2.50. The van der Waals surface area contributed by atoms with E-state index in [0.29, 0.717) is 23.7 Å². The Hall–Kier alpha value is -5.76. The van der Waals surface area contributed by atoms with Crippen molar-refractivity contribution in [2.75, 3.05) is 26.2 Å². The van der Waals surface area contributed by atoms with Crippen LogP contribution in [-0.4, -0.2) is 67.4 Å². The third-order valence-corrected chi connectivity index (χ3v) is 16.2. The summed E-state index contributed by atoms with van der Waals surface area (Å²) in [5.74, 6) is 1.98. The molecule has 322 valence electrons. The van der Waals surface area contributed by atoms with Gasteiger partial charge in [-0.2, -0.15) is 0 Å². The van der Waals surface area contributed by atoms with E-state index in [-0.39, 0.29) is 12.1 Å². The Morgan fingerprint density at radius 1 is 0.500 bits per heavy atom. The number of rotatable bonds is 12. The summed E-state index contributed by atoms with van der Waals surface area (Å²) < 4.78 is 1.75. The highest BCUT2D eigenvalue weighted by Gasteiger charge is 2.55. The van der Waals surface area contributed by atoms with Gasteiger partial charge in [0.2, 0.25) is 0 Å². The number of aliphatic hydroxyl groups is 2. The average Bonchev–Trinajstić information content (AvgIpc) is 3.35. The Morgan fingerprint density at radius 3 is 1.34 bits per heavy atom. The van der Waals surface area contributed by atoms with Crippen molar-refractivity contribution in [3.05, 3.63) is 204 Å². The van der Waals surface area contributed by atoms with Crippen molar-refractivity contribution in [1.82, 2.24) is 9.97 Å². The van der Waals surface area contributed by atoms with Crippen LogP contribution < -0.4 is 0 Å². The molecule has 0 aliphatic carbocycles. The van der Waals surface area contributed by atoms with Gasteiger partial charge in [-0.05, 0) is 58.4 Å². The summed E-state index contributed by atoms with van der Waals surface area (Å²) in [6.45, 7) is 5.94. The van der Waals surface area contributed by atoms with E-state index < -0.39 is 12.2 Å². The van der Waals surface area contributed by atoms with Gasteiger partial charge < -0.3 is 19.2 Å². The maximum Gasteiger partial charge on any atom is 0.131 e. The Balaban J connectivity index is 0.900. The molecule has 4 bridgehead atoms. The van der Waals surface area contributed by atoms with Crippen LogP contribution in [0.5, 0.6) is 0 Å². The van der Waals surface area contributed by atoms with Crippen LogP contribution in [0.2, 0.25) is 0 Å². The Bertz CT molecular complexity index is 2590. The second-order valence-corrected chi connectivity index (χ2v) is 19.7. The van der Waals surface area contributed by atoms with E-state index in [1.165, 1.54) is 35.1 Å². The first-order valence-electron chi connectivity index (χ1n) is 23.7. The Labute approximate surface area is 378 Å². The van der Waals surface area contributed by atoms with Crippen LogP contribution in [0.25, 0.3) is 34.0 Å². The number of pyridine rings is 2. The van der Waals surface area contributed by atoms with E-state index in [2.05, 4.69) is 156 Å². The van der Waals surface area contributed by atoms with Crippen LogP contribution in [0.4, 0.5) is 0 Å². The second-order valence-electron chi connectivity index (χ2n) is 19.7. The summed E-state index contributed by atoms with van der Waals surface area (Å²) in [6, 6.07) is 51.7. The van der Waals surface area contributed by atoms with Gasteiger partial charge in [-0.15, -0.1) is 0 Å². The first kappa shape index (κ1) is 41.0. The molecule has 2 N–H and O–H groups in total. The number of piperidine rings is 6. The fourth-order valence-corrected chi connectivity index (χ4v) is 12.9. The van der Waals surface area contributed by atoms with Crippen molar-refractivity contribution in [1.29, 1.82) is 0 Å². The molecule has 2 aromatic heterocycles. The zero-order valence-corrected chi connectivity index (χ0v) is 36.7. The molecule has 7 aromatic rings. The maximum atomic E-state index is 12.5. The number of hydrogen-bond acceptors (Lipinski definition) is 4. The number of hydrogen-bond donors (Lipinski definition) is 2. The van der Waals surface area contributed by atoms with Crippen molar-refractivity contribution in [2.24, 2.45) is 23.7 Å². The average molecular weight is 845 g/mol. The van der Waals surface area contributed by atoms with Gasteiger partial charge in [0.15, 0.2) is 0 Å². The minimum Gasteiger partial charge on any atom is -0.382 e. The molecule has 0 spiro atoms. The first-order chi connectivity index (χ1) is 31.4. The van der Waals surface area contributed by atoms with Gasteiger partial charge in [0, 0.05) is 71.8 Å². The van der Waals surface area contributed by atoms with E-state index in [1.54, 1.807) is 0 Å². The lowest BCUT2D eigenvalue weighted by Crippen LogP contribution is -2.67. The number of nitrogens with zero attached hydrogens (tertiary/aromatic N) is 4. The monoisotopic (exact) mass is 844 g/mol. The lowest BCUT2D eigenvalue weighted by molar-refractivity contribution is -0.985. The van der Waals surface area contributed by atoms with Crippen LogP contribution >= 0.6 is 0 Å². The summed E-state index contributed by atoms with van der Waals surface area (Å²) in [7, 11) is 0. The normalized spacial score (nSPS) is 28.6. The van der Waals surface area contributed by atoms with Crippen molar-refractivity contribution < 1.29 is 19.2 Å². The summed E-state index contributed by atoms with van der Waals surface area (Å²) in [4.78, 5) is 9.30. The zero-order chi connectivity index (χ0) is 43.1. The standard InChI is InChI=1S/C58H60N4O2/c63-57(51-27-31-59-53-17-9-7-15-49(51)53)55-35-45-29-33-61(55,39-47(45)25-23-41-11-3-1-4-12-41)37-43-19-21-44(22-20-43)38-62-34-30-46(48(40-62)26-24-42-13-5-2-6-14-42)36-56(62)58(64)52-28-32-60-54-18-10-8-16-50(52)54/h1-28,31-32,45-48,55-58,63-64H,29-30,33-40H2/q+2/b25-23+,26-24+. The predicted molar refractivity (Wildman–Crippen MR) is 258 cm³/mol. The van der Waals surface area contributed by atoms with E-state index >= 15 is 0 Å². The molecule has 8 heterocycles. The van der Waals surface area contributed by atoms with Gasteiger partial charge in [-0.3, -0.25) is 9.97 Å². The van der Waals surface area contributed by atoms with E-state index in [9.17, 15) is 10.2 Å². The Kier molecular flexibility index (Phi) is 11.1. The molecule has 6 heteroatoms. The summed E-state index contributed by atoms with van der Waals surface area (Å²) in [5.41, 5.74) is 9.01. The lowest BCUT2D eigenvalue weighted by atomic mass is 9.70. The zero-order valence-electron chi connectivity index (χ0n) is 36.7. The highest BCUT2D eigenvalue weighted by atomic mass is 16.3. The van der Waals surface area contributed by atoms with Crippen LogP contribution in [0.15, 0.2) is 170 Å². The summed E-state index contributed by atoms with van der Waals surface area (Å²) >= 11 is 0. The molecule has 0 radical (unpaired) electrons. The van der Waals surface area contributed by atoms with Gasteiger partial charge >= 0.3 is 0 Å². The first-order valence-corrected chi connectivity index (χ1v) is 23.7. The topological polar surface area (TPSA) is 66.2 Å².